The molecule has 1 saturated heterocycles. The van der Waals surface area contributed by atoms with Crippen LogP contribution in [-0.4, -0.2) is 6.61 Å². The summed E-state index contributed by atoms with van der Waals surface area (Å²) in [6.07, 6.45) is 2.75. The van der Waals surface area contributed by atoms with Crippen LogP contribution in [0.2, 0.25) is 0 Å². The molecular formula is C10H11IO. The first-order valence-electron chi connectivity index (χ1n) is 4.23. The minimum absolute atomic E-state index is 0.363. The maximum Gasteiger partial charge on any atom is 0.0825 e. The van der Waals surface area contributed by atoms with Crippen molar-refractivity contribution in [2.75, 3.05) is 6.61 Å². The van der Waals surface area contributed by atoms with Gasteiger partial charge in [0, 0.05) is 10.2 Å². The summed E-state index contributed by atoms with van der Waals surface area (Å²) in [6.45, 7) is 0.927. The number of rotatable bonds is 1. The molecule has 1 aromatic carbocycles. The second-order valence-electron chi connectivity index (χ2n) is 3.05. The van der Waals surface area contributed by atoms with E-state index in [0.29, 0.717) is 6.10 Å². The zero-order valence-corrected chi connectivity index (χ0v) is 8.95. The Morgan fingerprint density at radius 1 is 1.25 bits per heavy atom. The molecule has 0 aromatic heterocycles. The fourth-order valence-electron chi connectivity index (χ4n) is 1.52. The molecule has 0 radical (unpaired) electrons. The molecule has 1 aliphatic heterocycles. The van der Waals surface area contributed by atoms with Crippen LogP contribution < -0.4 is 0 Å². The Labute approximate surface area is 86.3 Å². The molecule has 64 valence electrons. The maximum absolute atomic E-state index is 5.58. The second-order valence-corrected chi connectivity index (χ2v) is 4.30. The summed E-state index contributed by atoms with van der Waals surface area (Å²) in [5.41, 5.74) is 1.33. The third-order valence-electron chi connectivity index (χ3n) is 2.17. The molecule has 0 N–H and O–H groups in total. The number of hydrogen-bond donors (Lipinski definition) is 0. The Morgan fingerprint density at radius 3 is 2.58 bits per heavy atom. The van der Waals surface area contributed by atoms with Gasteiger partial charge in [-0.3, -0.25) is 0 Å². The zero-order chi connectivity index (χ0) is 8.39. The Balaban J connectivity index is 2.17. The minimum atomic E-state index is 0.363. The zero-order valence-electron chi connectivity index (χ0n) is 6.79. The van der Waals surface area contributed by atoms with Crippen LogP contribution in [0.5, 0.6) is 0 Å². The molecule has 0 bridgehead atoms. The SMILES string of the molecule is Ic1ccc([C@@H]2CCCO2)cc1. The third-order valence-corrected chi connectivity index (χ3v) is 2.89. The predicted molar refractivity (Wildman–Crippen MR) is 57.1 cm³/mol. The minimum Gasteiger partial charge on any atom is -0.374 e. The first-order chi connectivity index (χ1) is 5.86. The molecule has 0 amide bonds. The summed E-state index contributed by atoms with van der Waals surface area (Å²) in [5.74, 6) is 0. The molecule has 0 saturated carbocycles. The van der Waals surface area contributed by atoms with Gasteiger partial charge in [-0.25, -0.2) is 0 Å². The first-order valence-corrected chi connectivity index (χ1v) is 5.31. The number of halogens is 1. The second kappa shape index (κ2) is 3.75. The van der Waals surface area contributed by atoms with Gasteiger partial charge in [-0.15, -0.1) is 0 Å². The Morgan fingerprint density at radius 2 is 2.00 bits per heavy atom. The Bertz CT molecular complexity index is 249. The standard InChI is InChI=1S/C10H11IO/c11-9-5-3-8(4-6-9)10-2-1-7-12-10/h3-6,10H,1-2,7H2/t10-/m0/s1. The normalized spacial score (nSPS) is 22.9. The number of benzene rings is 1. The lowest BCUT2D eigenvalue weighted by atomic mass is 10.1. The fourth-order valence-corrected chi connectivity index (χ4v) is 1.88. The molecule has 1 heterocycles. The summed E-state index contributed by atoms with van der Waals surface area (Å²) < 4.78 is 6.86. The van der Waals surface area contributed by atoms with Gasteiger partial charge in [0.1, 0.15) is 0 Å². The van der Waals surface area contributed by atoms with Gasteiger partial charge in [0.15, 0.2) is 0 Å². The summed E-state index contributed by atoms with van der Waals surface area (Å²) in [7, 11) is 0. The number of ether oxygens (including phenoxy) is 1. The van der Waals surface area contributed by atoms with Crippen molar-refractivity contribution in [3.8, 4) is 0 Å². The first kappa shape index (κ1) is 8.51. The van der Waals surface area contributed by atoms with Gasteiger partial charge in [-0.1, -0.05) is 12.1 Å². The van der Waals surface area contributed by atoms with Crippen molar-refractivity contribution in [3.05, 3.63) is 33.4 Å². The van der Waals surface area contributed by atoms with Crippen molar-refractivity contribution >= 4 is 22.6 Å². The predicted octanol–water partition coefficient (Wildman–Crippen LogP) is 3.14. The van der Waals surface area contributed by atoms with Crippen LogP contribution >= 0.6 is 22.6 Å². The molecule has 1 nitrogen and oxygen atoms in total. The highest BCUT2D eigenvalue weighted by molar-refractivity contribution is 14.1. The van der Waals surface area contributed by atoms with Gasteiger partial charge in [0.05, 0.1) is 6.10 Å². The molecule has 1 aromatic rings. The lowest BCUT2D eigenvalue weighted by molar-refractivity contribution is 0.112. The molecule has 2 heteroatoms. The highest BCUT2D eigenvalue weighted by Gasteiger charge is 2.16. The van der Waals surface area contributed by atoms with Crippen LogP contribution in [0.1, 0.15) is 24.5 Å². The van der Waals surface area contributed by atoms with Gasteiger partial charge >= 0.3 is 0 Å². The van der Waals surface area contributed by atoms with Crippen molar-refractivity contribution in [2.24, 2.45) is 0 Å². The van der Waals surface area contributed by atoms with Gasteiger partial charge in [0.2, 0.25) is 0 Å². The van der Waals surface area contributed by atoms with E-state index in [1.54, 1.807) is 0 Å². The van der Waals surface area contributed by atoms with Crippen molar-refractivity contribution in [2.45, 2.75) is 18.9 Å². The summed E-state index contributed by atoms with van der Waals surface area (Å²) in [6, 6.07) is 8.60. The Kier molecular flexibility index (Phi) is 2.66. The van der Waals surface area contributed by atoms with Crippen LogP contribution in [0.4, 0.5) is 0 Å². The lowest BCUT2D eigenvalue weighted by Gasteiger charge is -2.08. The van der Waals surface area contributed by atoms with Gasteiger partial charge in [-0.2, -0.15) is 0 Å². The van der Waals surface area contributed by atoms with E-state index in [0.717, 1.165) is 6.61 Å². The van der Waals surface area contributed by atoms with E-state index in [1.165, 1.54) is 22.0 Å². The van der Waals surface area contributed by atoms with Crippen molar-refractivity contribution < 1.29 is 4.74 Å². The molecule has 12 heavy (non-hydrogen) atoms. The fraction of sp³-hybridized carbons (Fsp3) is 0.400. The highest BCUT2D eigenvalue weighted by atomic mass is 127. The van der Waals surface area contributed by atoms with Crippen LogP contribution in [0.25, 0.3) is 0 Å². The monoisotopic (exact) mass is 274 g/mol. The van der Waals surface area contributed by atoms with E-state index in [9.17, 15) is 0 Å². The average Bonchev–Trinajstić information content (AvgIpc) is 2.58. The Hall–Kier alpha value is -0.0900. The van der Waals surface area contributed by atoms with Crippen molar-refractivity contribution in [1.82, 2.24) is 0 Å². The maximum atomic E-state index is 5.58. The van der Waals surface area contributed by atoms with Crippen LogP contribution in [0.15, 0.2) is 24.3 Å². The smallest absolute Gasteiger partial charge is 0.0825 e. The summed E-state index contributed by atoms with van der Waals surface area (Å²) in [5, 5.41) is 0. The highest BCUT2D eigenvalue weighted by Crippen LogP contribution is 2.28. The topological polar surface area (TPSA) is 9.23 Å². The molecule has 1 atom stereocenters. The summed E-state index contributed by atoms with van der Waals surface area (Å²) in [4.78, 5) is 0. The average molecular weight is 274 g/mol. The van der Waals surface area contributed by atoms with Crippen LogP contribution in [-0.2, 0) is 4.74 Å². The van der Waals surface area contributed by atoms with Gasteiger partial charge in [0.25, 0.3) is 0 Å². The van der Waals surface area contributed by atoms with Crippen molar-refractivity contribution in [3.63, 3.8) is 0 Å². The quantitative estimate of drug-likeness (QED) is 0.715. The van der Waals surface area contributed by atoms with E-state index in [2.05, 4.69) is 46.9 Å². The molecule has 1 aliphatic rings. The largest absolute Gasteiger partial charge is 0.374 e. The van der Waals surface area contributed by atoms with Crippen molar-refractivity contribution in [1.29, 1.82) is 0 Å². The van der Waals surface area contributed by atoms with Crippen LogP contribution in [0.3, 0.4) is 0 Å². The van der Waals surface area contributed by atoms with Crippen LogP contribution in [0, 0.1) is 3.57 Å². The third kappa shape index (κ3) is 1.80. The molecule has 0 unspecified atom stereocenters. The van der Waals surface area contributed by atoms with Gasteiger partial charge in [-0.05, 0) is 53.1 Å². The van der Waals surface area contributed by atoms with Gasteiger partial charge < -0.3 is 4.74 Å². The molecule has 1 fully saturated rings. The molecular weight excluding hydrogens is 263 g/mol. The lowest BCUT2D eigenvalue weighted by Crippen LogP contribution is -1.94. The van der Waals surface area contributed by atoms with E-state index in [4.69, 9.17) is 4.74 Å². The number of hydrogen-bond acceptors (Lipinski definition) is 1. The molecule has 2 rings (SSSR count). The molecule has 0 aliphatic carbocycles. The summed E-state index contributed by atoms with van der Waals surface area (Å²) >= 11 is 2.32. The van der Waals surface area contributed by atoms with E-state index < -0.39 is 0 Å². The molecule has 0 spiro atoms. The van der Waals surface area contributed by atoms with E-state index in [-0.39, 0.29) is 0 Å². The van der Waals surface area contributed by atoms with E-state index >= 15 is 0 Å². The van der Waals surface area contributed by atoms with E-state index in [1.807, 2.05) is 0 Å².